The highest BCUT2D eigenvalue weighted by molar-refractivity contribution is 7.98. The molecule has 0 aliphatic carbocycles. The topological polar surface area (TPSA) is 56.7 Å². The number of rotatable bonds is 6. The fourth-order valence-electron chi connectivity index (χ4n) is 1.16. The second-order valence-electron chi connectivity index (χ2n) is 3.41. The van der Waals surface area contributed by atoms with Gasteiger partial charge in [0.1, 0.15) is 12.2 Å². The third-order valence-electron chi connectivity index (χ3n) is 1.86. The van der Waals surface area contributed by atoms with Gasteiger partial charge in [0.05, 0.1) is 5.75 Å². The van der Waals surface area contributed by atoms with Gasteiger partial charge < -0.3 is 5.73 Å². The number of aromatic nitrogens is 3. The lowest BCUT2D eigenvalue weighted by Gasteiger charge is -2.08. The molecule has 0 aliphatic heterocycles. The summed E-state index contributed by atoms with van der Waals surface area (Å²) in [6.07, 6.45) is 2.69. The fourth-order valence-corrected chi connectivity index (χ4v) is 2.06. The SMILES string of the molecule is CC(C)n1ncnc1CSCCCN. The number of thioether (sulfide) groups is 1. The maximum Gasteiger partial charge on any atom is 0.138 e. The van der Waals surface area contributed by atoms with Crippen LogP contribution in [0.1, 0.15) is 32.1 Å². The van der Waals surface area contributed by atoms with Crippen LogP contribution in [0.25, 0.3) is 0 Å². The molecule has 1 aromatic heterocycles. The van der Waals surface area contributed by atoms with Crippen molar-refractivity contribution in [3.8, 4) is 0 Å². The summed E-state index contributed by atoms with van der Waals surface area (Å²) < 4.78 is 1.97. The minimum atomic E-state index is 0.391. The summed E-state index contributed by atoms with van der Waals surface area (Å²) in [5.41, 5.74) is 5.42. The molecular formula is C9H18N4S. The summed E-state index contributed by atoms with van der Waals surface area (Å²) >= 11 is 1.86. The second-order valence-corrected chi connectivity index (χ2v) is 4.51. The number of hydrogen-bond acceptors (Lipinski definition) is 4. The number of nitrogens with zero attached hydrogens (tertiary/aromatic N) is 3. The van der Waals surface area contributed by atoms with Gasteiger partial charge in [-0.3, -0.25) is 0 Å². The van der Waals surface area contributed by atoms with Crippen LogP contribution >= 0.6 is 11.8 Å². The van der Waals surface area contributed by atoms with Crippen LogP contribution in [0.5, 0.6) is 0 Å². The lowest BCUT2D eigenvalue weighted by Crippen LogP contribution is -2.07. The Balaban J connectivity index is 2.38. The van der Waals surface area contributed by atoms with Crippen LogP contribution in [-0.2, 0) is 5.75 Å². The van der Waals surface area contributed by atoms with E-state index >= 15 is 0 Å². The summed E-state index contributed by atoms with van der Waals surface area (Å²) in [7, 11) is 0. The maximum absolute atomic E-state index is 5.42. The van der Waals surface area contributed by atoms with Crippen molar-refractivity contribution in [1.29, 1.82) is 0 Å². The third kappa shape index (κ3) is 3.31. The molecule has 0 saturated carbocycles. The lowest BCUT2D eigenvalue weighted by atomic mass is 10.4. The molecule has 2 N–H and O–H groups in total. The van der Waals surface area contributed by atoms with Gasteiger partial charge in [-0.25, -0.2) is 9.67 Å². The van der Waals surface area contributed by atoms with Gasteiger partial charge >= 0.3 is 0 Å². The van der Waals surface area contributed by atoms with Crippen LogP contribution in [0.2, 0.25) is 0 Å². The van der Waals surface area contributed by atoms with Gasteiger partial charge in [-0.15, -0.1) is 0 Å². The van der Waals surface area contributed by atoms with Crippen LogP contribution in [0.3, 0.4) is 0 Å². The van der Waals surface area contributed by atoms with Crippen LogP contribution in [0, 0.1) is 0 Å². The Morgan fingerprint density at radius 3 is 3.00 bits per heavy atom. The van der Waals surface area contributed by atoms with E-state index in [0.29, 0.717) is 6.04 Å². The minimum Gasteiger partial charge on any atom is -0.330 e. The van der Waals surface area contributed by atoms with Gasteiger partial charge in [0.15, 0.2) is 0 Å². The molecule has 4 nitrogen and oxygen atoms in total. The smallest absolute Gasteiger partial charge is 0.138 e. The van der Waals surface area contributed by atoms with Crippen molar-refractivity contribution in [3.05, 3.63) is 12.2 Å². The van der Waals surface area contributed by atoms with Gasteiger partial charge in [0.2, 0.25) is 0 Å². The van der Waals surface area contributed by atoms with Crippen molar-refractivity contribution < 1.29 is 0 Å². The van der Waals surface area contributed by atoms with Crippen molar-refractivity contribution in [3.63, 3.8) is 0 Å². The van der Waals surface area contributed by atoms with E-state index in [0.717, 1.165) is 30.3 Å². The maximum atomic E-state index is 5.42. The van der Waals surface area contributed by atoms with Crippen molar-refractivity contribution in [2.45, 2.75) is 32.1 Å². The molecule has 0 aromatic carbocycles. The molecular weight excluding hydrogens is 196 g/mol. The van der Waals surface area contributed by atoms with E-state index in [9.17, 15) is 0 Å². The third-order valence-corrected chi connectivity index (χ3v) is 2.90. The summed E-state index contributed by atoms with van der Waals surface area (Å²) in [6, 6.07) is 0.391. The Morgan fingerprint density at radius 1 is 1.57 bits per heavy atom. The predicted molar refractivity (Wildman–Crippen MR) is 60.2 cm³/mol. The second kappa shape index (κ2) is 6.03. The van der Waals surface area contributed by atoms with E-state index in [-0.39, 0.29) is 0 Å². The minimum absolute atomic E-state index is 0.391. The average molecular weight is 214 g/mol. The quantitative estimate of drug-likeness (QED) is 0.728. The molecule has 0 bridgehead atoms. The Labute approximate surface area is 89.3 Å². The number of nitrogens with two attached hydrogens (primary N) is 1. The highest BCUT2D eigenvalue weighted by Crippen LogP contribution is 2.13. The van der Waals surface area contributed by atoms with E-state index in [4.69, 9.17) is 5.73 Å². The standard InChI is InChI=1S/C9H18N4S/c1-8(2)13-9(11-7-12-13)6-14-5-3-4-10/h7-8H,3-6,10H2,1-2H3. The van der Waals surface area contributed by atoms with E-state index in [1.54, 1.807) is 6.33 Å². The molecule has 0 atom stereocenters. The van der Waals surface area contributed by atoms with E-state index in [2.05, 4.69) is 23.9 Å². The Morgan fingerprint density at radius 2 is 2.36 bits per heavy atom. The van der Waals surface area contributed by atoms with Crippen LogP contribution in [-0.4, -0.2) is 27.1 Å². The van der Waals surface area contributed by atoms with E-state index in [1.807, 2.05) is 16.4 Å². The first-order valence-corrected chi connectivity index (χ1v) is 6.07. The zero-order valence-corrected chi connectivity index (χ0v) is 9.63. The molecule has 5 heteroatoms. The van der Waals surface area contributed by atoms with Crippen molar-refractivity contribution in [2.24, 2.45) is 5.73 Å². The van der Waals surface area contributed by atoms with Gasteiger partial charge in [0.25, 0.3) is 0 Å². The first kappa shape index (κ1) is 11.5. The Hall–Kier alpha value is -0.550. The molecule has 1 heterocycles. The molecule has 0 spiro atoms. The van der Waals surface area contributed by atoms with E-state index in [1.165, 1.54) is 0 Å². The van der Waals surface area contributed by atoms with Crippen LogP contribution in [0.4, 0.5) is 0 Å². The summed E-state index contributed by atoms with van der Waals surface area (Å²) in [5, 5.41) is 4.18. The molecule has 1 rings (SSSR count). The zero-order valence-electron chi connectivity index (χ0n) is 8.81. The lowest BCUT2D eigenvalue weighted by molar-refractivity contribution is 0.514. The largest absolute Gasteiger partial charge is 0.330 e. The van der Waals surface area contributed by atoms with Crippen LogP contribution < -0.4 is 5.73 Å². The fraction of sp³-hybridized carbons (Fsp3) is 0.778. The van der Waals surface area contributed by atoms with E-state index < -0.39 is 0 Å². The highest BCUT2D eigenvalue weighted by atomic mass is 32.2. The average Bonchev–Trinajstić information content (AvgIpc) is 2.60. The summed E-state index contributed by atoms with van der Waals surface area (Å²) in [6.45, 7) is 5.00. The monoisotopic (exact) mass is 214 g/mol. The van der Waals surface area contributed by atoms with Gasteiger partial charge in [-0.05, 0) is 32.6 Å². The first-order chi connectivity index (χ1) is 6.75. The number of hydrogen-bond donors (Lipinski definition) is 1. The first-order valence-electron chi connectivity index (χ1n) is 4.92. The van der Waals surface area contributed by atoms with Crippen molar-refractivity contribution >= 4 is 11.8 Å². The van der Waals surface area contributed by atoms with Gasteiger partial charge in [0, 0.05) is 6.04 Å². The molecule has 0 saturated heterocycles. The molecule has 14 heavy (non-hydrogen) atoms. The van der Waals surface area contributed by atoms with Crippen molar-refractivity contribution in [2.75, 3.05) is 12.3 Å². The van der Waals surface area contributed by atoms with Gasteiger partial charge in [-0.1, -0.05) is 0 Å². The molecule has 0 radical (unpaired) electrons. The molecule has 0 fully saturated rings. The summed E-state index contributed by atoms with van der Waals surface area (Å²) in [4.78, 5) is 4.23. The highest BCUT2D eigenvalue weighted by Gasteiger charge is 2.06. The predicted octanol–water partition coefficient (Wildman–Crippen LogP) is 1.44. The molecule has 1 aromatic rings. The van der Waals surface area contributed by atoms with Crippen molar-refractivity contribution in [1.82, 2.24) is 14.8 Å². The Kier molecular flexibility index (Phi) is 4.97. The molecule has 0 unspecified atom stereocenters. The zero-order chi connectivity index (χ0) is 10.4. The Bertz CT molecular complexity index is 259. The molecule has 80 valence electrons. The molecule has 0 aliphatic rings. The van der Waals surface area contributed by atoms with Crippen LogP contribution in [0.15, 0.2) is 6.33 Å². The normalized spacial score (nSPS) is 11.1. The summed E-state index contributed by atoms with van der Waals surface area (Å²) in [5.74, 6) is 3.08. The van der Waals surface area contributed by atoms with Gasteiger partial charge in [-0.2, -0.15) is 16.9 Å². The molecule has 0 amide bonds.